The van der Waals surface area contributed by atoms with Gasteiger partial charge < -0.3 is 10.5 Å². The Morgan fingerprint density at radius 3 is 2.50 bits per heavy atom. The predicted octanol–water partition coefficient (Wildman–Crippen LogP) is -0.568. The zero-order valence-electron chi connectivity index (χ0n) is 10.0. The van der Waals surface area contributed by atoms with E-state index in [-0.39, 0.29) is 6.54 Å². The first kappa shape index (κ1) is 15.8. The van der Waals surface area contributed by atoms with Gasteiger partial charge in [-0.25, -0.2) is 4.72 Å². The van der Waals surface area contributed by atoms with Gasteiger partial charge in [-0.1, -0.05) is 6.92 Å². The Bertz CT molecular complexity index is 257. The fourth-order valence-electron chi connectivity index (χ4n) is 1.10. The molecule has 0 aromatic heterocycles. The van der Waals surface area contributed by atoms with E-state index in [4.69, 9.17) is 10.5 Å². The van der Waals surface area contributed by atoms with Crippen LogP contribution in [-0.2, 0) is 14.9 Å². The summed E-state index contributed by atoms with van der Waals surface area (Å²) in [5.74, 6) is 0.436. The van der Waals surface area contributed by atoms with Crippen molar-refractivity contribution in [1.82, 2.24) is 9.44 Å². The van der Waals surface area contributed by atoms with Gasteiger partial charge in [0.25, 0.3) is 10.2 Å². The van der Waals surface area contributed by atoms with Crippen LogP contribution in [0, 0.1) is 5.92 Å². The Balaban J connectivity index is 3.58. The summed E-state index contributed by atoms with van der Waals surface area (Å²) in [6.07, 6.45) is 1.72. The van der Waals surface area contributed by atoms with Crippen LogP contribution >= 0.6 is 0 Å². The Hall–Kier alpha value is -0.210. The van der Waals surface area contributed by atoms with Gasteiger partial charge >= 0.3 is 0 Å². The topological polar surface area (TPSA) is 93.4 Å². The van der Waals surface area contributed by atoms with Gasteiger partial charge in [-0.2, -0.15) is 13.1 Å². The van der Waals surface area contributed by atoms with E-state index in [1.54, 1.807) is 0 Å². The Labute approximate surface area is 98.1 Å². The van der Waals surface area contributed by atoms with E-state index in [9.17, 15) is 8.42 Å². The maximum absolute atomic E-state index is 11.3. The first-order valence-electron chi connectivity index (χ1n) is 5.45. The van der Waals surface area contributed by atoms with Crippen LogP contribution in [0.1, 0.15) is 19.8 Å². The summed E-state index contributed by atoms with van der Waals surface area (Å²) in [6.45, 7) is 3.77. The van der Waals surface area contributed by atoms with Crippen molar-refractivity contribution in [2.24, 2.45) is 11.7 Å². The average Bonchev–Trinajstić information content (AvgIpc) is 2.24. The van der Waals surface area contributed by atoms with Gasteiger partial charge in [0, 0.05) is 20.2 Å². The molecule has 0 saturated carbocycles. The molecule has 0 heterocycles. The summed E-state index contributed by atoms with van der Waals surface area (Å²) in [6, 6.07) is 0. The second-order valence-electron chi connectivity index (χ2n) is 3.77. The number of rotatable bonds is 10. The Morgan fingerprint density at radius 2 is 1.94 bits per heavy atom. The van der Waals surface area contributed by atoms with Crippen LogP contribution in [0.5, 0.6) is 0 Å². The summed E-state index contributed by atoms with van der Waals surface area (Å²) in [7, 11) is -1.85. The third-order valence-electron chi connectivity index (χ3n) is 2.17. The number of methoxy groups -OCH3 is 1. The molecule has 0 rings (SSSR count). The van der Waals surface area contributed by atoms with Crippen molar-refractivity contribution in [3.8, 4) is 0 Å². The van der Waals surface area contributed by atoms with Crippen LogP contribution in [0.2, 0.25) is 0 Å². The molecular weight excluding hydrogens is 230 g/mol. The molecule has 0 aliphatic heterocycles. The Kier molecular flexibility index (Phi) is 8.77. The molecule has 0 amide bonds. The van der Waals surface area contributed by atoms with Crippen LogP contribution in [-0.4, -0.2) is 41.8 Å². The van der Waals surface area contributed by atoms with E-state index in [1.807, 2.05) is 6.92 Å². The summed E-state index contributed by atoms with van der Waals surface area (Å²) < 4.78 is 32.2. The van der Waals surface area contributed by atoms with Crippen LogP contribution in [0.25, 0.3) is 0 Å². The smallest absolute Gasteiger partial charge is 0.276 e. The van der Waals surface area contributed by atoms with Crippen molar-refractivity contribution in [3.05, 3.63) is 0 Å². The monoisotopic (exact) mass is 253 g/mol. The fraction of sp³-hybridized carbons (Fsp3) is 1.00. The second kappa shape index (κ2) is 8.89. The number of ether oxygens (including phenoxy) is 1. The van der Waals surface area contributed by atoms with Crippen LogP contribution < -0.4 is 15.2 Å². The standard InChI is InChI=1S/C9H23N3O3S/c1-9(8-10)4-3-5-11-16(13,14)12-6-7-15-2/h9,11-12H,3-8,10H2,1-2H3. The quantitative estimate of drug-likeness (QED) is 0.455. The summed E-state index contributed by atoms with van der Waals surface area (Å²) in [5.41, 5.74) is 5.46. The summed E-state index contributed by atoms with van der Waals surface area (Å²) in [4.78, 5) is 0. The van der Waals surface area contributed by atoms with Crippen LogP contribution in [0.4, 0.5) is 0 Å². The lowest BCUT2D eigenvalue weighted by Crippen LogP contribution is -2.38. The van der Waals surface area contributed by atoms with Crippen LogP contribution in [0.15, 0.2) is 0 Å². The third-order valence-corrected chi connectivity index (χ3v) is 3.33. The van der Waals surface area contributed by atoms with Crippen molar-refractivity contribution in [3.63, 3.8) is 0 Å². The molecule has 0 aromatic carbocycles. The normalized spacial score (nSPS) is 13.9. The predicted molar refractivity (Wildman–Crippen MR) is 64.3 cm³/mol. The van der Waals surface area contributed by atoms with Gasteiger partial charge in [0.15, 0.2) is 0 Å². The minimum absolute atomic E-state index is 0.283. The van der Waals surface area contributed by atoms with Crippen molar-refractivity contribution in [2.45, 2.75) is 19.8 Å². The highest BCUT2D eigenvalue weighted by Crippen LogP contribution is 2.01. The van der Waals surface area contributed by atoms with Crippen molar-refractivity contribution >= 4 is 10.2 Å². The van der Waals surface area contributed by atoms with Crippen molar-refractivity contribution in [1.29, 1.82) is 0 Å². The van der Waals surface area contributed by atoms with E-state index in [0.29, 0.717) is 25.6 Å². The maximum atomic E-state index is 11.3. The molecule has 7 heteroatoms. The van der Waals surface area contributed by atoms with Crippen molar-refractivity contribution < 1.29 is 13.2 Å². The molecule has 0 spiro atoms. The second-order valence-corrected chi connectivity index (χ2v) is 5.35. The number of nitrogens with two attached hydrogens (primary N) is 1. The number of nitrogens with one attached hydrogen (secondary N) is 2. The lowest BCUT2D eigenvalue weighted by molar-refractivity contribution is 0.204. The molecule has 0 aromatic rings. The number of hydrogen-bond donors (Lipinski definition) is 3. The molecule has 98 valence electrons. The van der Waals surface area contributed by atoms with E-state index in [1.165, 1.54) is 7.11 Å². The zero-order valence-corrected chi connectivity index (χ0v) is 10.8. The van der Waals surface area contributed by atoms with E-state index in [2.05, 4.69) is 9.44 Å². The SMILES string of the molecule is COCCNS(=O)(=O)NCCCC(C)CN. The highest BCUT2D eigenvalue weighted by atomic mass is 32.2. The van der Waals surface area contributed by atoms with Gasteiger partial charge in [0.1, 0.15) is 0 Å². The Morgan fingerprint density at radius 1 is 1.31 bits per heavy atom. The fourth-order valence-corrected chi connectivity index (χ4v) is 1.97. The molecule has 1 atom stereocenters. The molecule has 0 fully saturated rings. The molecule has 16 heavy (non-hydrogen) atoms. The zero-order chi connectivity index (χ0) is 12.4. The molecule has 6 nitrogen and oxygen atoms in total. The largest absolute Gasteiger partial charge is 0.383 e. The first-order valence-corrected chi connectivity index (χ1v) is 6.93. The summed E-state index contributed by atoms with van der Waals surface area (Å²) in [5, 5.41) is 0. The molecule has 0 radical (unpaired) electrons. The lowest BCUT2D eigenvalue weighted by Gasteiger charge is -2.10. The van der Waals surface area contributed by atoms with E-state index < -0.39 is 10.2 Å². The van der Waals surface area contributed by atoms with Crippen LogP contribution in [0.3, 0.4) is 0 Å². The highest BCUT2D eigenvalue weighted by Gasteiger charge is 2.07. The average molecular weight is 253 g/mol. The molecular formula is C9H23N3O3S. The molecule has 0 aliphatic rings. The molecule has 0 saturated heterocycles. The van der Waals surface area contributed by atoms with Gasteiger partial charge in [-0.05, 0) is 25.3 Å². The third kappa shape index (κ3) is 9.05. The molecule has 1 unspecified atom stereocenters. The molecule has 0 aliphatic carbocycles. The first-order chi connectivity index (χ1) is 7.52. The maximum Gasteiger partial charge on any atom is 0.276 e. The van der Waals surface area contributed by atoms with Gasteiger partial charge in [0.05, 0.1) is 6.61 Å². The summed E-state index contributed by atoms with van der Waals surface area (Å²) >= 11 is 0. The van der Waals surface area contributed by atoms with Gasteiger partial charge in [0.2, 0.25) is 0 Å². The van der Waals surface area contributed by atoms with E-state index >= 15 is 0 Å². The highest BCUT2D eigenvalue weighted by molar-refractivity contribution is 7.87. The van der Waals surface area contributed by atoms with Crippen molar-refractivity contribution in [2.75, 3.05) is 33.4 Å². The minimum Gasteiger partial charge on any atom is -0.383 e. The molecule has 0 bridgehead atoms. The lowest BCUT2D eigenvalue weighted by atomic mass is 10.1. The van der Waals surface area contributed by atoms with E-state index in [0.717, 1.165) is 12.8 Å². The number of hydrogen-bond acceptors (Lipinski definition) is 4. The minimum atomic E-state index is -3.37. The van der Waals surface area contributed by atoms with Gasteiger partial charge in [-0.15, -0.1) is 0 Å². The molecule has 4 N–H and O–H groups in total. The van der Waals surface area contributed by atoms with Gasteiger partial charge in [-0.3, -0.25) is 0 Å².